The Hall–Kier alpha value is -3.29. The van der Waals surface area contributed by atoms with Gasteiger partial charge in [0.2, 0.25) is 0 Å². The van der Waals surface area contributed by atoms with Gasteiger partial charge in [-0.1, -0.05) is 13.8 Å². The number of fused-ring (bicyclic) bond motifs is 1. The molecule has 1 amide bonds. The second kappa shape index (κ2) is 7.38. The zero-order valence-corrected chi connectivity index (χ0v) is 14.9. The third-order valence-electron chi connectivity index (χ3n) is 4.14. The molecule has 0 fully saturated rings. The van der Waals surface area contributed by atoms with Crippen LogP contribution in [0.25, 0.3) is 22.0 Å². The van der Waals surface area contributed by atoms with Crippen LogP contribution in [0.2, 0.25) is 0 Å². The summed E-state index contributed by atoms with van der Waals surface area (Å²) in [4.78, 5) is 19.9. The van der Waals surface area contributed by atoms with Gasteiger partial charge in [0.15, 0.2) is 0 Å². The fraction of sp³-hybridized carbons (Fsp3) is 0.150. The minimum absolute atomic E-state index is 0.0198. The van der Waals surface area contributed by atoms with E-state index in [0.29, 0.717) is 12.1 Å². The molecule has 144 valence electrons. The first-order valence-corrected chi connectivity index (χ1v) is 8.30. The summed E-state index contributed by atoms with van der Waals surface area (Å²) in [5, 5.41) is -0.0198. The lowest BCUT2D eigenvalue weighted by Crippen LogP contribution is -2.20. The van der Waals surface area contributed by atoms with Gasteiger partial charge >= 0.3 is 0 Å². The van der Waals surface area contributed by atoms with Crippen LogP contribution in [-0.2, 0) is 0 Å². The lowest BCUT2D eigenvalue weighted by Gasteiger charge is -2.11. The predicted octanol–water partition coefficient (Wildman–Crippen LogP) is 4.61. The number of rotatable bonds is 3. The van der Waals surface area contributed by atoms with Gasteiger partial charge in [0.25, 0.3) is 5.91 Å². The highest BCUT2D eigenvalue weighted by Crippen LogP contribution is 2.33. The topological polar surface area (TPSA) is 68.3 Å². The SMILES string of the molecule is CC(C)C(N)=NC(=O)c1cc(F)c2nccc(-c3c(F)cc(F)cc3F)c2c1. The van der Waals surface area contributed by atoms with Crippen molar-refractivity contribution in [3.8, 4) is 11.1 Å². The van der Waals surface area contributed by atoms with Crippen molar-refractivity contribution in [2.45, 2.75) is 13.8 Å². The van der Waals surface area contributed by atoms with Crippen LogP contribution < -0.4 is 5.73 Å². The molecule has 0 aliphatic carbocycles. The molecular formula is C20H15F4N3O. The van der Waals surface area contributed by atoms with Crippen molar-refractivity contribution in [1.29, 1.82) is 0 Å². The Morgan fingerprint density at radius 3 is 2.29 bits per heavy atom. The van der Waals surface area contributed by atoms with Gasteiger partial charge in [0, 0.05) is 35.2 Å². The number of halogens is 4. The average molecular weight is 389 g/mol. The lowest BCUT2D eigenvalue weighted by molar-refractivity contribution is 0.100. The number of amides is 1. The summed E-state index contributed by atoms with van der Waals surface area (Å²) in [6, 6.07) is 4.44. The van der Waals surface area contributed by atoms with Crippen LogP contribution in [0.1, 0.15) is 24.2 Å². The molecule has 0 bridgehead atoms. The number of hydrogen-bond donors (Lipinski definition) is 1. The van der Waals surface area contributed by atoms with Crippen LogP contribution in [0.3, 0.4) is 0 Å². The molecular weight excluding hydrogens is 374 g/mol. The first-order valence-electron chi connectivity index (χ1n) is 8.30. The smallest absolute Gasteiger partial charge is 0.278 e. The molecule has 28 heavy (non-hydrogen) atoms. The van der Waals surface area contributed by atoms with Crippen molar-refractivity contribution in [2.75, 3.05) is 0 Å². The highest BCUT2D eigenvalue weighted by molar-refractivity contribution is 6.06. The number of benzene rings is 2. The molecule has 0 atom stereocenters. The summed E-state index contributed by atoms with van der Waals surface area (Å²) in [6.07, 6.45) is 1.17. The summed E-state index contributed by atoms with van der Waals surface area (Å²) in [5.41, 5.74) is 4.68. The van der Waals surface area contributed by atoms with Gasteiger partial charge in [0.05, 0.1) is 5.56 Å². The molecule has 4 nitrogen and oxygen atoms in total. The van der Waals surface area contributed by atoms with Gasteiger partial charge in [0.1, 0.15) is 34.6 Å². The molecule has 2 aromatic carbocycles. The number of aliphatic imine (C=N–C) groups is 1. The number of carbonyl (C=O) groups is 1. The van der Waals surface area contributed by atoms with Crippen LogP contribution in [0, 0.1) is 29.2 Å². The molecule has 8 heteroatoms. The normalized spacial score (nSPS) is 12.0. The van der Waals surface area contributed by atoms with Crippen LogP contribution in [0.5, 0.6) is 0 Å². The second-order valence-electron chi connectivity index (χ2n) is 6.45. The lowest BCUT2D eigenvalue weighted by atomic mass is 9.98. The van der Waals surface area contributed by atoms with E-state index in [1.165, 1.54) is 18.3 Å². The van der Waals surface area contributed by atoms with Crippen LogP contribution in [0.15, 0.2) is 41.5 Å². The summed E-state index contributed by atoms with van der Waals surface area (Å²) in [6.45, 7) is 3.46. The Morgan fingerprint density at radius 1 is 1.04 bits per heavy atom. The zero-order chi connectivity index (χ0) is 20.6. The number of carbonyl (C=O) groups excluding carboxylic acids is 1. The molecule has 0 aliphatic rings. The molecule has 0 unspecified atom stereocenters. The highest BCUT2D eigenvalue weighted by Gasteiger charge is 2.19. The van der Waals surface area contributed by atoms with E-state index in [2.05, 4.69) is 9.98 Å². The molecule has 0 radical (unpaired) electrons. The van der Waals surface area contributed by atoms with E-state index in [9.17, 15) is 22.4 Å². The number of hydrogen-bond acceptors (Lipinski definition) is 2. The van der Waals surface area contributed by atoms with E-state index in [-0.39, 0.29) is 33.8 Å². The van der Waals surface area contributed by atoms with E-state index < -0.39 is 34.7 Å². The largest absolute Gasteiger partial charge is 0.387 e. The molecule has 0 aliphatic heterocycles. The first-order chi connectivity index (χ1) is 13.2. The maximum atomic E-state index is 14.5. The summed E-state index contributed by atoms with van der Waals surface area (Å²) in [5.74, 6) is -5.22. The Labute approximate surface area is 157 Å². The van der Waals surface area contributed by atoms with E-state index in [1.54, 1.807) is 13.8 Å². The van der Waals surface area contributed by atoms with Gasteiger partial charge in [-0.25, -0.2) is 17.6 Å². The number of amidine groups is 1. The second-order valence-corrected chi connectivity index (χ2v) is 6.45. The zero-order valence-electron chi connectivity index (χ0n) is 14.9. The van der Waals surface area contributed by atoms with Crippen molar-refractivity contribution in [2.24, 2.45) is 16.6 Å². The molecule has 3 rings (SSSR count). The number of nitrogens with two attached hydrogens (primary N) is 1. The van der Waals surface area contributed by atoms with Crippen LogP contribution >= 0.6 is 0 Å². The van der Waals surface area contributed by atoms with E-state index in [0.717, 1.165) is 6.07 Å². The Balaban J connectivity index is 2.26. The summed E-state index contributed by atoms with van der Waals surface area (Å²) in [7, 11) is 0. The van der Waals surface area contributed by atoms with Gasteiger partial charge in [-0.2, -0.15) is 4.99 Å². The summed E-state index contributed by atoms with van der Waals surface area (Å²) >= 11 is 0. The Bertz CT molecular complexity index is 1100. The van der Waals surface area contributed by atoms with Crippen molar-refractivity contribution >= 4 is 22.6 Å². The van der Waals surface area contributed by atoms with Crippen molar-refractivity contribution in [3.63, 3.8) is 0 Å². The molecule has 3 aromatic rings. The quantitative estimate of drug-likeness (QED) is 0.404. The van der Waals surface area contributed by atoms with E-state index in [1.807, 2.05) is 0 Å². The van der Waals surface area contributed by atoms with Gasteiger partial charge in [-0.05, 0) is 23.8 Å². The third-order valence-corrected chi connectivity index (χ3v) is 4.14. The maximum absolute atomic E-state index is 14.5. The van der Waals surface area contributed by atoms with Crippen LogP contribution in [0.4, 0.5) is 17.6 Å². The van der Waals surface area contributed by atoms with Gasteiger partial charge in [-0.15, -0.1) is 0 Å². The molecule has 0 saturated carbocycles. The Morgan fingerprint density at radius 2 is 1.68 bits per heavy atom. The summed E-state index contributed by atoms with van der Waals surface area (Å²) < 4.78 is 56.2. The first kappa shape index (κ1) is 19.5. The van der Waals surface area contributed by atoms with Crippen molar-refractivity contribution < 1.29 is 22.4 Å². The molecule has 1 heterocycles. The maximum Gasteiger partial charge on any atom is 0.278 e. The third kappa shape index (κ3) is 3.58. The van der Waals surface area contributed by atoms with Gasteiger partial charge < -0.3 is 5.73 Å². The number of pyridine rings is 1. The number of aromatic nitrogens is 1. The van der Waals surface area contributed by atoms with Crippen LogP contribution in [-0.4, -0.2) is 16.7 Å². The van der Waals surface area contributed by atoms with E-state index >= 15 is 0 Å². The monoisotopic (exact) mass is 389 g/mol. The van der Waals surface area contributed by atoms with E-state index in [4.69, 9.17) is 5.73 Å². The Kier molecular flexibility index (Phi) is 5.13. The molecule has 1 aromatic heterocycles. The van der Waals surface area contributed by atoms with Crippen molar-refractivity contribution in [1.82, 2.24) is 4.98 Å². The molecule has 0 saturated heterocycles. The minimum atomic E-state index is -1.16. The number of nitrogens with zero attached hydrogens (tertiary/aromatic N) is 2. The average Bonchev–Trinajstić information content (AvgIpc) is 2.61. The standard InChI is InChI=1S/C20H15F4N3O/c1-9(2)19(25)27-20(28)10-5-13-12(3-4-26-18(13)16(24)6-10)17-14(22)7-11(21)8-15(17)23/h3-9H,1-2H3,(H2,25,27,28). The fourth-order valence-corrected chi connectivity index (χ4v) is 2.66. The van der Waals surface area contributed by atoms with Crippen molar-refractivity contribution in [3.05, 3.63) is 65.4 Å². The highest BCUT2D eigenvalue weighted by atomic mass is 19.1. The fourth-order valence-electron chi connectivity index (χ4n) is 2.66. The predicted molar refractivity (Wildman–Crippen MR) is 97.8 cm³/mol. The minimum Gasteiger partial charge on any atom is -0.387 e. The molecule has 2 N–H and O–H groups in total. The van der Waals surface area contributed by atoms with Gasteiger partial charge in [-0.3, -0.25) is 9.78 Å². The molecule has 0 spiro atoms.